The van der Waals surface area contributed by atoms with Crippen LogP contribution in [0.15, 0.2) is 12.3 Å². The molecule has 6 nitrogen and oxygen atoms in total. The highest BCUT2D eigenvalue weighted by atomic mass is 16.3. The first-order chi connectivity index (χ1) is 9.27. The van der Waals surface area contributed by atoms with Crippen LogP contribution in [0.1, 0.15) is 6.92 Å². The molecule has 0 amide bonds. The zero-order valence-corrected chi connectivity index (χ0v) is 11.3. The van der Waals surface area contributed by atoms with Crippen LogP contribution >= 0.6 is 0 Å². The summed E-state index contributed by atoms with van der Waals surface area (Å²) in [6, 6.07) is 1.88. The quantitative estimate of drug-likeness (QED) is 0.706. The highest BCUT2D eigenvalue weighted by Crippen LogP contribution is 2.39. The fourth-order valence-corrected chi connectivity index (χ4v) is 3.18. The lowest BCUT2D eigenvalue weighted by molar-refractivity contribution is 0.135. The van der Waals surface area contributed by atoms with Crippen LogP contribution in [-0.2, 0) is 0 Å². The Labute approximate surface area is 113 Å². The maximum Gasteiger partial charge on any atom is 0.227 e. The Morgan fingerprint density at radius 3 is 3.26 bits per heavy atom. The molecular weight excluding hydrogens is 242 g/mol. The summed E-state index contributed by atoms with van der Waals surface area (Å²) in [5.74, 6) is 2.12. The first kappa shape index (κ1) is 12.6. The van der Waals surface area contributed by atoms with Crippen molar-refractivity contribution >= 4 is 11.8 Å². The zero-order chi connectivity index (χ0) is 13.3. The fraction of sp³-hybridized carbons (Fsp3) is 0.692. The van der Waals surface area contributed by atoms with Crippen molar-refractivity contribution < 1.29 is 5.11 Å². The largest absolute Gasteiger partial charge is 0.396 e. The van der Waals surface area contributed by atoms with Gasteiger partial charge in [-0.2, -0.15) is 4.98 Å². The van der Waals surface area contributed by atoms with Gasteiger partial charge in [0.05, 0.1) is 6.61 Å². The predicted molar refractivity (Wildman–Crippen MR) is 74.3 cm³/mol. The number of anilines is 2. The number of fused-ring (bicyclic) bond motifs is 1. The van der Waals surface area contributed by atoms with E-state index >= 15 is 0 Å². The Morgan fingerprint density at radius 2 is 2.53 bits per heavy atom. The number of nitrogens with zero attached hydrogens (tertiary/aromatic N) is 3. The smallest absolute Gasteiger partial charge is 0.227 e. The van der Waals surface area contributed by atoms with Crippen molar-refractivity contribution in [1.29, 1.82) is 0 Å². The Hall–Kier alpha value is -1.40. The summed E-state index contributed by atoms with van der Waals surface area (Å²) in [5.41, 5.74) is -0.0163. The number of nitrogens with one attached hydrogen (secondary N) is 2. The van der Waals surface area contributed by atoms with Gasteiger partial charge < -0.3 is 20.6 Å². The van der Waals surface area contributed by atoms with Crippen LogP contribution in [-0.4, -0.2) is 54.4 Å². The molecule has 6 heteroatoms. The standard InChI is InChI=1S/C13H21N5O/c1-2-15-11-3-4-16-12(17-11)18-6-10-5-14-7-13(10,8-18)9-19/h3-4,10,14,19H,2,5-9H2,1H3,(H,15,16,17). The normalized spacial score (nSPS) is 29.6. The van der Waals surface area contributed by atoms with Gasteiger partial charge in [-0.1, -0.05) is 0 Å². The van der Waals surface area contributed by atoms with Crippen LogP contribution in [0.4, 0.5) is 11.8 Å². The molecule has 0 aliphatic carbocycles. The summed E-state index contributed by atoms with van der Waals surface area (Å²) in [6.45, 7) is 6.74. The molecule has 2 atom stereocenters. The van der Waals surface area contributed by atoms with E-state index in [-0.39, 0.29) is 12.0 Å². The number of rotatable bonds is 4. The average Bonchev–Trinajstić information content (AvgIpc) is 2.96. The molecule has 0 radical (unpaired) electrons. The van der Waals surface area contributed by atoms with E-state index in [0.29, 0.717) is 5.92 Å². The molecule has 0 aromatic carbocycles. The van der Waals surface area contributed by atoms with Crippen LogP contribution in [0.25, 0.3) is 0 Å². The number of aliphatic hydroxyl groups is 1. The Morgan fingerprint density at radius 1 is 1.63 bits per heavy atom. The number of aromatic nitrogens is 2. The van der Waals surface area contributed by atoms with Gasteiger partial charge in [-0.15, -0.1) is 0 Å². The Balaban J connectivity index is 1.79. The van der Waals surface area contributed by atoms with Crippen molar-refractivity contribution in [3.63, 3.8) is 0 Å². The minimum Gasteiger partial charge on any atom is -0.396 e. The minimum atomic E-state index is -0.0163. The molecule has 0 spiro atoms. The molecule has 0 saturated carbocycles. The topological polar surface area (TPSA) is 73.3 Å². The summed E-state index contributed by atoms with van der Waals surface area (Å²) in [5, 5.41) is 16.3. The first-order valence-corrected chi connectivity index (χ1v) is 6.91. The van der Waals surface area contributed by atoms with Crippen LogP contribution < -0.4 is 15.5 Å². The lowest BCUT2D eigenvalue weighted by Crippen LogP contribution is -2.36. The second-order valence-electron chi connectivity index (χ2n) is 5.50. The van der Waals surface area contributed by atoms with Gasteiger partial charge in [-0.25, -0.2) is 4.98 Å². The van der Waals surface area contributed by atoms with E-state index in [4.69, 9.17) is 0 Å². The van der Waals surface area contributed by atoms with Gasteiger partial charge in [-0.05, 0) is 18.9 Å². The highest BCUT2D eigenvalue weighted by molar-refractivity contribution is 5.43. The second-order valence-corrected chi connectivity index (χ2v) is 5.50. The van der Waals surface area contributed by atoms with Crippen LogP contribution in [0, 0.1) is 11.3 Å². The number of aliphatic hydroxyl groups excluding tert-OH is 1. The molecule has 3 heterocycles. The third kappa shape index (κ3) is 2.15. The van der Waals surface area contributed by atoms with Gasteiger partial charge >= 0.3 is 0 Å². The summed E-state index contributed by atoms with van der Waals surface area (Å²) in [6.07, 6.45) is 1.79. The zero-order valence-electron chi connectivity index (χ0n) is 11.3. The number of hydrogen-bond donors (Lipinski definition) is 3. The van der Waals surface area contributed by atoms with E-state index in [1.165, 1.54) is 0 Å². The summed E-state index contributed by atoms with van der Waals surface area (Å²) in [7, 11) is 0. The SMILES string of the molecule is CCNc1ccnc(N2CC3CNCC3(CO)C2)n1. The van der Waals surface area contributed by atoms with Gasteiger partial charge in [0.2, 0.25) is 5.95 Å². The van der Waals surface area contributed by atoms with E-state index in [2.05, 4.69) is 32.4 Å². The van der Waals surface area contributed by atoms with E-state index in [9.17, 15) is 5.11 Å². The summed E-state index contributed by atoms with van der Waals surface area (Å²) < 4.78 is 0. The van der Waals surface area contributed by atoms with Crippen LogP contribution in [0.2, 0.25) is 0 Å². The minimum absolute atomic E-state index is 0.0163. The van der Waals surface area contributed by atoms with E-state index < -0.39 is 0 Å². The molecule has 3 N–H and O–H groups in total. The fourth-order valence-electron chi connectivity index (χ4n) is 3.18. The van der Waals surface area contributed by atoms with Crippen molar-refractivity contribution in [2.24, 2.45) is 11.3 Å². The first-order valence-electron chi connectivity index (χ1n) is 6.91. The average molecular weight is 263 g/mol. The molecule has 2 unspecified atom stereocenters. The molecule has 2 aliphatic heterocycles. The highest BCUT2D eigenvalue weighted by Gasteiger charge is 2.49. The molecule has 2 saturated heterocycles. The maximum absolute atomic E-state index is 9.71. The van der Waals surface area contributed by atoms with Crippen molar-refractivity contribution in [3.05, 3.63) is 12.3 Å². The van der Waals surface area contributed by atoms with Crippen molar-refractivity contribution in [2.45, 2.75) is 6.92 Å². The van der Waals surface area contributed by atoms with Gasteiger partial charge in [0.1, 0.15) is 5.82 Å². The van der Waals surface area contributed by atoms with Crippen molar-refractivity contribution in [2.75, 3.05) is 49.5 Å². The molecule has 104 valence electrons. The molecule has 19 heavy (non-hydrogen) atoms. The van der Waals surface area contributed by atoms with Crippen molar-refractivity contribution in [1.82, 2.24) is 15.3 Å². The van der Waals surface area contributed by atoms with Gasteiger partial charge in [-0.3, -0.25) is 0 Å². The molecule has 2 fully saturated rings. The molecule has 3 rings (SSSR count). The van der Waals surface area contributed by atoms with Crippen LogP contribution in [0.5, 0.6) is 0 Å². The molecule has 2 aliphatic rings. The third-order valence-corrected chi connectivity index (χ3v) is 4.28. The molecule has 1 aromatic heterocycles. The van der Waals surface area contributed by atoms with Crippen LogP contribution in [0.3, 0.4) is 0 Å². The van der Waals surface area contributed by atoms with Gasteiger partial charge in [0.25, 0.3) is 0 Å². The van der Waals surface area contributed by atoms with E-state index in [0.717, 1.165) is 44.5 Å². The third-order valence-electron chi connectivity index (χ3n) is 4.28. The number of hydrogen-bond acceptors (Lipinski definition) is 6. The summed E-state index contributed by atoms with van der Waals surface area (Å²) >= 11 is 0. The predicted octanol–water partition coefficient (Wildman–Crippen LogP) is -0.0735. The van der Waals surface area contributed by atoms with Gasteiger partial charge in [0, 0.05) is 44.3 Å². The molecular formula is C13H21N5O. The maximum atomic E-state index is 9.71. The summed E-state index contributed by atoms with van der Waals surface area (Å²) in [4.78, 5) is 11.1. The molecule has 1 aromatic rings. The van der Waals surface area contributed by atoms with Gasteiger partial charge in [0.15, 0.2) is 0 Å². The molecule has 0 bridgehead atoms. The monoisotopic (exact) mass is 263 g/mol. The Kier molecular flexibility index (Phi) is 3.28. The lowest BCUT2D eigenvalue weighted by atomic mass is 9.82. The second kappa shape index (κ2) is 4.94. The van der Waals surface area contributed by atoms with E-state index in [1.54, 1.807) is 6.20 Å². The Bertz CT molecular complexity index is 454. The van der Waals surface area contributed by atoms with E-state index in [1.807, 2.05) is 6.07 Å². The lowest BCUT2D eigenvalue weighted by Gasteiger charge is -2.25. The van der Waals surface area contributed by atoms with Crippen molar-refractivity contribution in [3.8, 4) is 0 Å².